The van der Waals surface area contributed by atoms with Crippen molar-refractivity contribution in [1.29, 1.82) is 0 Å². The molecule has 0 aliphatic heterocycles. The van der Waals surface area contributed by atoms with E-state index in [0.29, 0.717) is 220 Å². The first kappa shape index (κ1) is 113. The van der Waals surface area contributed by atoms with Crippen molar-refractivity contribution in [3.05, 3.63) is 0 Å². The van der Waals surface area contributed by atoms with Crippen LogP contribution in [0.2, 0.25) is 0 Å². The number of carbonyl (C=O) groups is 15. The van der Waals surface area contributed by atoms with Gasteiger partial charge in [-0.3, -0.25) is 119 Å². The average molecular weight is 1680 g/mol. The third-order valence-electron chi connectivity index (χ3n) is 17.6. The minimum absolute atomic E-state index is 0.0191. The lowest BCUT2D eigenvalue weighted by Crippen LogP contribution is -2.31. The second-order valence-electron chi connectivity index (χ2n) is 28.0. The van der Waals surface area contributed by atoms with Gasteiger partial charge in [0, 0.05) is 196 Å². The SMILES string of the molecule is CC(=O)N(O)CCCCCNC(=O)CCC(=O)N(O)CCCCCNC(=O)CCC(=O)N(O)CCCCCN.CC(=O)N(O)CCCCCNC(=O)CCC(=O)N(O)CCCCCNC(=O)CCC(=O)N(O)CCCCCN.CC(=O)N(O)CCCCCNC(=O)CCC(=O)N(O)CCCCCNC(=O)CCC(=O)N(O)CCCCCN. The number of nitrogens with one attached hydrogen (secondary N) is 6. The molecule has 0 heterocycles. The number of nitrogens with two attached hydrogens (primary N) is 3. The van der Waals surface area contributed by atoms with Gasteiger partial charge in [0.05, 0.1) is 0 Å². The van der Waals surface area contributed by atoms with E-state index in [1.54, 1.807) is 0 Å². The summed E-state index contributed by atoms with van der Waals surface area (Å²) < 4.78 is 0. The summed E-state index contributed by atoms with van der Waals surface area (Å²) in [6.45, 7) is 9.66. The van der Waals surface area contributed by atoms with Crippen molar-refractivity contribution < 1.29 is 119 Å². The Labute approximate surface area is 688 Å². The van der Waals surface area contributed by atoms with Crippen LogP contribution in [0.15, 0.2) is 0 Å². The zero-order chi connectivity index (χ0) is 88.4. The van der Waals surface area contributed by atoms with Crippen LogP contribution in [0.25, 0.3) is 0 Å². The lowest BCUT2D eigenvalue weighted by Gasteiger charge is -2.15. The maximum Gasteiger partial charge on any atom is 0.246 e. The minimum Gasteiger partial charge on any atom is -0.356 e. The van der Waals surface area contributed by atoms with Crippen molar-refractivity contribution in [2.75, 3.05) is 118 Å². The van der Waals surface area contributed by atoms with Gasteiger partial charge >= 0.3 is 0 Å². The molecular formula is C75H144N18O24. The van der Waals surface area contributed by atoms with Gasteiger partial charge < -0.3 is 49.1 Å². The number of hydroxylamine groups is 18. The maximum atomic E-state index is 12.0. The molecule has 0 saturated heterocycles. The Hall–Kier alpha value is -8.43. The van der Waals surface area contributed by atoms with E-state index in [2.05, 4.69) is 31.9 Å². The molecule has 0 spiro atoms. The molecule has 15 amide bonds. The highest BCUT2D eigenvalue weighted by atomic mass is 16.5. The molecule has 42 heteroatoms. The van der Waals surface area contributed by atoms with Gasteiger partial charge in [0.25, 0.3) is 0 Å². The number of rotatable bonds is 69. The maximum absolute atomic E-state index is 12.0. The summed E-state index contributed by atoms with van der Waals surface area (Å²) in [6.07, 6.45) is 17.5. The van der Waals surface area contributed by atoms with Crippen molar-refractivity contribution >= 4 is 88.6 Å². The van der Waals surface area contributed by atoms with Gasteiger partial charge in [-0.2, -0.15) is 0 Å². The number of hydrogen-bond acceptors (Lipinski definition) is 27. The molecule has 42 nitrogen and oxygen atoms in total. The van der Waals surface area contributed by atoms with E-state index in [1.807, 2.05) is 0 Å². The van der Waals surface area contributed by atoms with E-state index in [4.69, 9.17) is 17.2 Å². The highest BCUT2D eigenvalue weighted by molar-refractivity contribution is 5.86. The topological polar surface area (TPSA) is 618 Å². The zero-order valence-electron chi connectivity index (χ0n) is 69.7. The Morgan fingerprint density at radius 1 is 0.188 bits per heavy atom. The fourth-order valence-corrected chi connectivity index (χ4v) is 10.3. The third kappa shape index (κ3) is 71.4. The Balaban J connectivity index is -0.00000167. The van der Waals surface area contributed by atoms with E-state index in [1.165, 1.54) is 20.8 Å². The van der Waals surface area contributed by atoms with Crippen LogP contribution in [-0.4, -0.2) is 299 Å². The molecule has 0 bridgehead atoms. The summed E-state index contributed by atoms with van der Waals surface area (Å²) in [6, 6.07) is 0. The lowest BCUT2D eigenvalue weighted by molar-refractivity contribution is -0.166. The molecule has 0 saturated carbocycles. The second kappa shape index (κ2) is 76.3. The van der Waals surface area contributed by atoms with Crippen LogP contribution in [0, 0.1) is 0 Å². The van der Waals surface area contributed by atoms with E-state index in [0.717, 1.165) is 57.8 Å². The molecule has 0 atom stereocenters. The highest BCUT2D eigenvalue weighted by Gasteiger charge is 2.20. The van der Waals surface area contributed by atoms with Crippen molar-refractivity contribution in [1.82, 2.24) is 77.5 Å². The summed E-state index contributed by atoms with van der Waals surface area (Å²) in [4.78, 5) is 175. The van der Waals surface area contributed by atoms with Gasteiger partial charge in [0.2, 0.25) is 88.6 Å². The lowest BCUT2D eigenvalue weighted by atomic mass is 10.2. The van der Waals surface area contributed by atoms with E-state index < -0.39 is 53.2 Å². The summed E-state index contributed by atoms with van der Waals surface area (Å²) in [5.41, 5.74) is 16.2. The monoisotopic (exact) mass is 1680 g/mol. The first-order valence-corrected chi connectivity index (χ1v) is 41.3. The van der Waals surface area contributed by atoms with Crippen LogP contribution < -0.4 is 49.1 Å². The minimum atomic E-state index is -0.548. The molecule has 0 aliphatic rings. The van der Waals surface area contributed by atoms with Crippen molar-refractivity contribution in [2.45, 2.75) is 271 Å². The molecule has 678 valence electrons. The third-order valence-corrected chi connectivity index (χ3v) is 17.6. The number of amides is 15. The van der Waals surface area contributed by atoms with Crippen LogP contribution in [0.1, 0.15) is 271 Å². The predicted octanol–water partition coefficient (Wildman–Crippen LogP) is 2.77. The number of unbranched alkanes of at least 4 members (excludes halogenated alkanes) is 18. The zero-order valence-corrected chi connectivity index (χ0v) is 69.7. The molecule has 0 rings (SSSR count). The Morgan fingerprint density at radius 3 is 0.444 bits per heavy atom. The van der Waals surface area contributed by atoms with Crippen LogP contribution in [0.4, 0.5) is 0 Å². The average Bonchev–Trinajstić information content (AvgIpc) is 0.975. The van der Waals surface area contributed by atoms with Gasteiger partial charge in [0.1, 0.15) is 0 Å². The van der Waals surface area contributed by atoms with Crippen molar-refractivity contribution in [3.8, 4) is 0 Å². The normalized spacial score (nSPS) is 10.6. The summed E-state index contributed by atoms with van der Waals surface area (Å²) in [5, 5.41) is 108. The smallest absolute Gasteiger partial charge is 0.246 e. The number of carbonyl (C=O) groups excluding carboxylic acids is 15. The Kier molecular flexibility index (Phi) is 73.5. The molecule has 0 radical (unpaired) electrons. The van der Waals surface area contributed by atoms with Gasteiger partial charge in [-0.1, -0.05) is 19.3 Å². The van der Waals surface area contributed by atoms with Crippen molar-refractivity contribution in [2.24, 2.45) is 17.2 Å². The molecule has 0 aromatic heterocycles. The first-order valence-electron chi connectivity index (χ1n) is 41.3. The standard InChI is InChI=1S/3C25H48N6O8/c3*1-21(32)29(37)18-9-3-6-16-27-22(33)12-14-25(36)31(39)20-10-4-7-17-28-23(34)11-13-24(35)30(38)19-8-2-5-15-26/h3*37-39H,2-20,26H2,1H3,(H,27,33)(H,28,34). The van der Waals surface area contributed by atoms with Gasteiger partial charge in [-0.15, -0.1) is 0 Å². The molecule has 0 fully saturated rings. The molecule has 0 aromatic rings. The predicted molar refractivity (Wildman–Crippen MR) is 424 cm³/mol. The van der Waals surface area contributed by atoms with E-state index >= 15 is 0 Å². The molecular weight excluding hydrogens is 1540 g/mol. The van der Waals surface area contributed by atoms with Gasteiger partial charge in [-0.25, -0.2) is 45.6 Å². The molecule has 21 N–H and O–H groups in total. The largest absolute Gasteiger partial charge is 0.356 e. The summed E-state index contributed by atoms with van der Waals surface area (Å²) >= 11 is 0. The summed E-state index contributed by atoms with van der Waals surface area (Å²) in [5.74, 6) is -6.16. The van der Waals surface area contributed by atoms with Crippen molar-refractivity contribution in [3.63, 3.8) is 0 Å². The fourth-order valence-electron chi connectivity index (χ4n) is 10.3. The van der Waals surface area contributed by atoms with Gasteiger partial charge in [-0.05, 0) is 174 Å². The number of nitrogens with zero attached hydrogens (tertiary/aromatic N) is 9. The van der Waals surface area contributed by atoms with E-state index in [9.17, 15) is 119 Å². The molecule has 0 unspecified atom stereocenters. The van der Waals surface area contributed by atoms with Crippen LogP contribution in [0.3, 0.4) is 0 Å². The Morgan fingerprint density at radius 2 is 0.316 bits per heavy atom. The molecule has 117 heavy (non-hydrogen) atoms. The quantitative estimate of drug-likeness (QED) is 0.0236. The highest BCUT2D eigenvalue weighted by Crippen LogP contribution is 2.09. The molecule has 0 aliphatic carbocycles. The molecule has 0 aromatic carbocycles. The van der Waals surface area contributed by atoms with Crippen LogP contribution in [0.5, 0.6) is 0 Å². The van der Waals surface area contributed by atoms with E-state index in [-0.39, 0.29) is 171 Å². The first-order chi connectivity index (χ1) is 55.7. The fraction of sp³-hybridized carbons (Fsp3) is 0.800. The van der Waals surface area contributed by atoms with Gasteiger partial charge in [0.15, 0.2) is 0 Å². The number of hydrogen-bond donors (Lipinski definition) is 18. The second-order valence-corrected chi connectivity index (χ2v) is 28.0. The Bertz CT molecular complexity index is 2500. The van der Waals surface area contributed by atoms with Crippen LogP contribution in [-0.2, 0) is 71.9 Å². The van der Waals surface area contributed by atoms with Crippen LogP contribution >= 0.6 is 0 Å². The summed E-state index contributed by atoms with van der Waals surface area (Å²) in [7, 11) is 0.